The molecule has 1 saturated heterocycles. The van der Waals surface area contributed by atoms with Gasteiger partial charge in [-0.2, -0.15) is 10.1 Å². The number of hydrogen-bond donors (Lipinski definition) is 1. The van der Waals surface area contributed by atoms with Crippen LogP contribution in [-0.2, 0) is 0 Å². The van der Waals surface area contributed by atoms with Gasteiger partial charge in [-0.05, 0) is 18.2 Å². The van der Waals surface area contributed by atoms with Crippen molar-refractivity contribution in [3.63, 3.8) is 0 Å². The molecule has 1 aliphatic rings. The second-order valence-electron chi connectivity index (χ2n) is 6.02. The van der Waals surface area contributed by atoms with Gasteiger partial charge in [-0.1, -0.05) is 6.07 Å². The molecule has 1 aliphatic heterocycles. The van der Waals surface area contributed by atoms with Crippen LogP contribution in [0.5, 0.6) is 5.75 Å². The number of nitrogens with one attached hydrogen (secondary N) is 1. The van der Waals surface area contributed by atoms with Crippen LogP contribution in [0, 0.1) is 0 Å². The highest BCUT2D eigenvalue weighted by Gasteiger charge is 2.21. The van der Waals surface area contributed by atoms with E-state index in [-0.39, 0.29) is 0 Å². The summed E-state index contributed by atoms with van der Waals surface area (Å²) in [5.41, 5.74) is 0.881. The molecule has 0 spiro atoms. The van der Waals surface area contributed by atoms with Crippen molar-refractivity contribution in [2.24, 2.45) is 0 Å². The Hall–Kier alpha value is -3.49. The number of hydrogen-bond acceptors (Lipinski definition) is 9. The highest BCUT2D eigenvalue weighted by molar-refractivity contribution is 5.58. The number of rotatable bonds is 5. The Morgan fingerprint density at radius 2 is 1.70 bits per heavy atom. The monoisotopic (exact) mass is 364 g/mol. The summed E-state index contributed by atoms with van der Waals surface area (Å²) in [5, 5.41) is 11.5. The van der Waals surface area contributed by atoms with Gasteiger partial charge in [-0.15, -0.1) is 5.10 Å². The van der Waals surface area contributed by atoms with Crippen molar-refractivity contribution in [2.45, 2.75) is 0 Å². The fourth-order valence-corrected chi connectivity index (χ4v) is 2.90. The molecular weight excluding hydrogens is 344 g/mol. The number of nitrogens with zero attached hydrogens (tertiary/aromatic N) is 7. The lowest BCUT2D eigenvalue weighted by atomic mass is 10.3. The van der Waals surface area contributed by atoms with Crippen LogP contribution in [0.15, 0.2) is 48.9 Å². The molecule has 0 amide bonds. The molecule has 0 unspecified atom stereocenters. The van der Waals surface area contributed by atoms with Crippen molar-refractivity contribution >= 4 is 23.4 Å². The summed E-state index contributed by atoms with van der Waals surface area (Å²) in [7, 11) is 1.64. The average Bonchev–Trinajstić information content (AvgIpc) is 2.75. The van der Waals surface area contributed by atoms with E-state index in [0.717, 1.165) is 43.6 Å². The van der Waals surface area contributed by atoms with Crippen LogP contribution in [0.2, 0.25) is 0 Å². The largest absolute Gasteiger partial charge is 0.497 e. The van der Waals surface area contributed by atoms with Gasteiger partial charge in [-0.3, -0.25) is 0 Å². The molecule has 9 heteroatoms. The zero-order valence-electron chi connectivity index (χ0n) is 15.0. The summed E-state index contributed by atoms with van der Waals surface area (Å²) in [6.07, 6.45) is 5.13. The van der Waals surface area contributed by atoms with Gasteiger partial charge in [-0.25, -0.2) is 9.97 Å². The van der Waals surface area contributed by atoms with E-state index in [1.54, 1.807) is 25.7 Å². The Balaban J connectivity index is 1.42. The van der Waals surface area contributed by atoms with E-state index in [1.165, 1.54) is 0 Å². The van der Waals surface area contributed by atoms with Gasteiger partial charge >= 0.3 is 0 Å². The minimum Gasteiger partial charge on any atom is -0.497 e. The normalized spacial score (nSPS) is 14.1. The van der Waals surface area contributed by atoms with Gasteiger partial charge in [0, 0.05) is 50.3 Å². The summed E-state index contributed by atoms with van der Waals surface area (Å²) in [5.74, 6) is 2.78. The number of anilines is 4. The standard InChI is InChI=1S/C18H20N8O/c1-27-15-5-2-4-14(12-15)22-16-13-21-24-18(23-16)26-10-8-25(9-11-26)17-19-6-3-7-20-17/h2-7,12-13H,8-11H2,1H3,(H,22,23,24). The molecule has 4 rings (SSSR count). The lowest BCUT2D eigenvalue weighted by Gasteiger charge is -2.34. The molecule has 0 radical (unpaired) electrons. The van der Waals surface area contributed by atoms with Gasteiger partial charge < -0.3 is 19.9 Å². The van der Waals surface area contributed by atoms with Crippen molar-refractivity contribution in [3.8, 4) is 5.75 Å². The molecule has 9 nitrogen and oxygen atoms in total. The maximum absolute atomic E-state index is 5.25. The Morgan fingerprint density at radius 1 is 0.963 bits per heavy atom. The predicted octanol–water partition coefficient (Wildman–Crippen LogP) is 1.74. The molecule has 1 aromatic carbocycles. The highest BCUT2D eigenvalue weighted by Crippen LogP contribution is 2.21. The van der Waals surface area contributed by atoms with Crippen molar-refractivity contribution in [1.82, 2.24) is 25.1 Å². The second kappa shape index (κ2) is 7.81. The topological polar surface area (TPSA) is 92.2 Å². The molecule has 3 heterocycles. The smallest absolute Gasteiger partial charge is 0.247 e. The molecule has 0 atom stereocenters. The molecule has 138 valence electrons. The summed E-state index contributed by atoms with van der Waals surface area (Å²) in [4.78, 5) is 17.5. The first-order valence-corrected chi connectivity index (χ1v) is 8.69. The number of methoxy groups -OCH3 is 1. The number of benzene rings is 1. The lowest BCUT2D eigenvalue weighted by molar-refractivity contribution is 0.415. The SMILES string of the molecule is COc1cccc(Nc2cnnc(N3CCN(c4ncccn4)CC3)n2)c1. The minimum atomic E-state index is 0.608. The molecule has 3 aromatic rings. The van der Waals surface area contributed by atoms with Crippen molar-refractivity contribution < 1.29 is 4.74 Å². The lowest BCUT2D eigenvalue weighted by Crippen LogP contribution is -2.47. The Labute approximate surface area is 157 Å². The Morgan fingerprint density at radius 3 is 2.44 bits per heavy atom. The van der Waals surface area contributed by atoms with E-state index in [0.29, 0.717) is 11.8 Å². The van der Waals surface area contributed by atoms with Crippen molar-refractivity contribution in [1.29, 1.82) is 0 Å². The van der Waals surface area contributed by atoms with Gasteiger partial charge in [0.25, 0.3) is 0 Å². The number of ether oxygens (including phenoxy) is 1. The third-order valence-corrected chi connectivity index (χ3v) is 4.29. The zero-order chi connectivity index (χ0) is 18.5. The zero-order valence-corrected chi connectivity index (χ0v) is 15.0. The third-order valence-electron chi connectivity index (χ3n) is 4.29. The van der Waals surface area contributed by atoms with Crippen LogP contribution in [0.3, 0.4) is 0 Å². The van der Waals surface area contributed by atoms with E-state index in [9.17, 15) is 0 Å². The third kappa shape index (κ3) is 4.02. The van der Waals surface area contributed by atoms with E-state index >= 15 is 0 Å². The molecule has 2 aromatic heterocycles. The molecule has 0 bridgehead atoms. The maximum atomic E-state index is 5.25. The summed E-state index contributed by atoms with van der Waals surface area (Å²) >= 11 is 0. The van der Waals surface area contributed by atoms with E-state index < -0.39 is 0 Å². The van der Waals surface area contributed by atoms with Gasteiger partial charge in [0.1, 0.15) is 5.75 Å². The van der Waals surface area contributed by atoms with Crippen LogP contribution in [0.4, 0.5) is 23.4 Å². The van der Waals surface area contributed by atoms with Gasteiger partial charge in [0.15, 0.2) is 5.82 Å². The van der Waals surface area contributed by atoms with E-state index in [2.05, 4.69) is 40.3 Å². The van der Waals surface area contributed by atoms with Gasteiger partial charge in [0.2, 0.25) is 11.9 Å². The fourth-order valence-electron chi connectivity index (χ4n) is 2.90. The predicted molar refractivity (Wildman–Crippen MR) is 103 cm³/mol. The highest BCUT2D eigenvalue weighted by atomic mass is 16.5. The Bertz CT molecular complexity index is 883. The minimum absolute atomic E-state index is 0.608. The molecular formula is C18H20N8O. The number of aromatic nitrogens is 5. The van der Waals surface area contributed by atoms with E-state index in [1.807, 2.05) is 30.3 Å². The summed E-state index contributed by atoms with van der Waals surface area (Å²) in [6.45, 7) is 3.17. The maximum Gasteiger partial charge on any atom is 0.247 e. The van der Waals surface area contributed by atoms with Crippen LogP contribution in [0.1, 0.15) is 0 Å². The van der Waals surface area contributed by atoms with Crippen LogP contribution in [-0.4, -0.2) is 58.4 Å². The van der Waals surface area contributed by atoms with Gasteiger partial charge in [0.05, 0.1) is 13.3 Å². The number of piperazine rings is 1. The fraction of sp³-hybridized carbons (Fsp3) is 0.278. The molecule has 0 aliphatic carbocycles. The first-order valence-electron chi connectivity index (χ1n) is 8.69. The summed E-state index contributed by atoms with van der Waals surface area (Å²) < 4.78 is 5.25. The average molecular weight is 364 g/mol. The van der Waals surface area contributed by atoms with Crippen LogP contribution < -0.4 is 19.9 Å². The van der Waals surface area contributed by atoms with Crippen molar-refractivity contribution in [2.75, 3.05) is 48.4 Å². The van der Waals surface area contributed by atoms with Crippen LogP contribution >= 0.6 is 0 Å². The molecule has 27 heavy (non-hydrogen) atoms. The Kier molecular flexibility index (Phi) is 4.91. The quantitative estimate of drug-likeness (QED) is 0.726. The molecule has 1 N–H and O–H groups in total. The first kappa shape index (κ1) is 17.0. The molecule has 1 fully saturated rings. The summed E-state index contributed by atoms with van der Waals surface area (Å²) in [6, 6.07) is 9.48. The van der Waals surface area contributed by atoms with Crippen molar-refractivity contribution in [3.05, 3.63) is 48.9 Å². The van der Waals surface area contributed by atoms with E-state index in [4.69, 9.17) is 4.74 Å². The molecule has 0 saturated carbocycles. The first-order chi connectivity index (χ1) is 13.3. The second-order valence-corrected chi connectivity index (χ2v) is 6.02. The van der Waals surface area contributed by atoms with Crippen LogP contribution in [0.25, 0.3) is 0 Å².